The molecule has 3 atom stereocenters. The standard InChI is InChI=1S/C11H20N2O2/c1-7(2)8-6-9-10(11(14)13(8)3)12-4-5-15-9/h7-10,12H,4-6H2,1-3H3. The number of rotatable bonds is 1. The van der Waals surface area contributed by atoms with Crippen LogP contribution < -0.4 is 5.32 Å². The largest absolute Gasteiger partial charge is 0.375 e. The Hall–Kier alpha value is -0.610. The van der Waals surface area contributed by atoms with E-state index in [0.29, 0.717) is 12.0 Å². The second-order valence-electron chi connectivity index (χ2n) is 4.84. The predicted octanol–water partition coefficient (Wildman–Crippen LogP) is 0.230. The molecular weight excluding hydrogens is 192 g/mol. The van der Waals surface area contributed by atoms with E-state index in [1.165, 1.54) is 0 Å². The average molecular weight is 212 g/mol. The Morgan fingerprint density at radius 1 is 1.53 bits per heavy atom. The Balaban J connectivity index is 2.13. The number of likely N-dealkylation sites (N-methyl/N-ethyl adjacent to an activating group) is 1. The minimum Gasteiger partial charge on any atom is -0.375 e. The number of nitrogens with one attached hydrogen (secondary N) is 1. The van der Waals surface area contributed by atoms with E-state index >= 15 is 0 Å². The summed E-state index contributed by atoms with van der Waals surface area (Å²) in [6.07, 6.45) is 1.03. The van der Waals surface area contributed by atoms with Crippen LogP contribution in [0.5, 0.6) is 0 Å². The number of carbonyl (C=O) groups excluding carboxylic acids is 1. The lowest BCUT2D eigenvalue weighted by Gasteiger charge is -2.45. The number of amides is 1. The molecular formula is C11H20N2O2. The molecule has 2 rings (SSSR count). The van der Waals surface area contributed by atoms with E-state index in [4.69, 9.17) is 4.74 Å². The third-order valence-corrected chi connectivity index (χ3v) is 3.52. The molecule has 1 amide bonds. The predicted molar refractivity (Wildman–Crippen MR) is 57.5 cm³/mol. The van der Waals surface area contributed by atoms with Gasteiger partial charge in [-0.2, -0.15) is 0 Å². The first kappa shape index (κ1) is 10.9. The van der Waals surface area contributed by atoms with E-state index < -0.39 is 0 Å². The summed E-state index contributed by atoms with van der Waals surface area (Å²) in [6.45, 7) is 5.83. The molecule has 0 spiro atoms. The molecule has 4 heteroatoms. The Morgan fingerprint density at radius 3 is 2.93 bits per heavy atom. The molecule has 2 aliphatic heterocycles. The van der Waals surface area contributed by atoms with Crippen molar-refractivity contribution >= 4 is 5.91 Å². The fraction of sp³-hybridized carbons (Fsp3) is 0.909. The zero-order valence-electron chi connectivity index (χ0n) is 9.69. The van der Waals surface area contributed by atoms with Gasteiger partial charge in [-0.1, -0.05) is 13.8 Å². The Labute approximate surface area is 91.0 Å². The van der Waals surface area contributed by atoms with Crippen molar-refractivity contribution in [3.63, 3.8) is 0 Å². The van der Waals surface area contributed by atoms with Crippen molar-refractivity contribution in [2.45, 2.75) is 38.5 Å². The highest BCUT2D eigenvalue weighted by atomic mass is 16.5. The second kappa shape index (κ2) is 4.10. The quantitative estimate of drug-likeness (QED) is 0.676. The summed E-state index contributed by atoms with van der Waals surface area (Å²) in [5.74, 6) is 0.676. The molecule has 15 heavy (non-hydrogen) atoms. The zero-order chi connectivity index (χ0) is 11.0. The van der Waals surface area contributed by atoms with Crippen LogP contribution in [-0.2, 0) is 9.53 Å². The highest BCUT2D eigenvalue weighted by Crippen LogP contribution is 2.26. The van der Waals surface area contributed by atoms with Crippen LogP contribution in [-0.4, -0.2) is 49.2 Å². The van der Waals surface area contributed by atoms with E-state index in [9.17, 15) is 4.79 Å². The van der Waals surface area contributed by atoms with Crippen LogP contribution in [0, 0.1) is 5.92 Å². The fourth-order valence-electron chi connectivity index (χ4n) is 2.60. The maximum absolute atomic E-state index is 12.1. The van der Waals surface area contributed by atoms with Crippen LogP contribution in [0.25, 0.3) is 0 Å². The number of nitrogens with zero attached hydrogens (tertiary/aromatic N) is 1. The molecule has 2 heterocycles. The van der Waals surface area contributed by atoms with E-state index in [2.05, 4.69) is 19.2 Å². The van der Waals surface area contributed by atoms with Crippen molar-refractivity contribution in [2.24, 2.45) is 5.92 Å². The van der Waals surface area contributed by atoms with Gasteiger partial charge in [-0.25, -0.2) is 0 Å². The molecule has 4 nitrogen and oxygen atoms in total. The maximum Gasteiger partial charge on any atom is 0.242 e. The number of morpholine rings is 1. The van der Waals surface area contributed by atoms with Gasteiger partial charge in [-0.05, 0) is 12.3 Å². The number of hydrogen-bond acceptors (Lipinski definition) is 3. The van der Waals surface area contributed by atoms with E-state index in [0.717, 1.165) is 19.6 Å². The monoisotopic (exact) mass is 212 g/mol. The van der Waals surface area contributed by atoms with Crippen molar-refractivity contribution in [3.05, 3.63) is 0 Å². The van der Waals surface area contributed by atoms with Crippen molar-refractivity contribution in [3.8, 4) is 0 Å². The lowest BCUT2D eigenvalue weighted by Crippen LogP contribution is -2.64. The van der Waals surface area contributed by atoms with Gasteiger partial charge in [0.1, 0.15) is 6.04 Å². The van der Waals surface area contributed by atoms with Gasteiger partial charge in [0.15, 0.2) is 0 Å². The number of carbonyl (C=O) groups is 1. The van der Waals surface area contributed by atoms with Crippen LogP contribution in [0.3, 0.4) is 0 Å². The minimum absolute atomic E-state index is 0.0786. The van der Waals surface area contributed by atoms with Gasteiger partial charge in [0.05, 0.1) is 12.7 Å². The SMILES string of the molecule is CC(C)C1CC2OCCNC2C(=O)N1C. The minimum atomic E-state index is -0.112. The van der Waals surface area contributed by atoms with Crippen molar-refractivity contribution < 1.29 is 9.53 Å². The summed E-state index contributed by atoms with van der Waals surface area (Å²) in [6, 6.07) is 0.206. The molecule has 2 fully saturated rings. The van der Waals surface area contributed by atoms with Crippen LogP contribution in [0.2, 0.25) is 0 Å². The Kier molecular flexibility index (Phi) is 2.98. The summed E-state index contributed by atoms with van der Waals surface area (Å²) in [4.78, 5) is 13.9. The molecule has 1 N–H and O–H groups in total. The number of piperidine rings is 1. The van der Waals surface area contributed by atoms with Gasteiger partial charge in [0, 0.05) is 19.6 Å². The summed E-state index contributed by atoms with van der Waals surface area (Å²) in [5, 5.41) is 3.24. The molecule has 0 bridgehead atoms. The smallest absolute Gasteiger partial charge is 0.242 e. The van der Waals surface area contributed by atoms with E-state index in [-0.39, 0.29) is 18.1 Å². The van der Waals surface area contributed by atoms with Crippen molar-refractivity contribution in [1.82, 2.24) is 10.2 Å². The number of ether oxygens (including phenoxy) is 1. The van der Waals surface area contributed by atoms with Gasteiger partial charge < -0.3 is 15.0 Å². The number of likely N-dealkylation sites (tertiary alicyclic amines) is 1. The third kappa shape index (κ3) is 1.88. The summed E-state index contributed by atoms with van der Waals surface area (Å²) in [7, 11) is 1.90. The average Bonchev–Trinajstić information content (AvgIpc) is 2.23. The first-order valence-electron chi connectivity index (χ1n) is 5.73. The van der Waals surface area contributed by atoms with Crippen LogP contribution >= 0.6 is 0 Å². The molecule has 0 radical (unpaired) electrons. The van der Waals surface area contributed by atoms with Crippen LogP contribution in [0.15, 0.2) is 0 Å². The van der Waals surface area contributed by atoms with Gasteiger partial charge >= 0.3 is 0 Å². The summed E-state index contributed by atoms with van der Waals surface area (Å²) >= 11 is 0. The normalized spacial score (nSPS) is 36.9. The van der Waals surface area contributed by atoms with Crippen LogP contribution in [0.4, 0.5) is 0 Å². The van der Waals surface area contributed by atoms with E-state index in [1.54, 1.807) is 0 Å². The molecule has 0 aromatic carbocycles. The summed E-state index contributed by atoms with van der Waals surface area (Å²) in [5.41, 5.74) is 0. The highest BCUT2D eigenvalue weighted by molar-refractivity contribution is 5.83. The topological polar surface area (TPSA) is 41.6 Å². The van der Waals surface area contributed by atoms with Crippen LogP contribution in [0.1, 0.15) is 20.3 Å². The number of fused-ring (bicyclic) bond motifs is 1. The fourth-order valence-corrected chi connectivity index (χ4v) is 2.60. The lowest BCUT2D eigenvalue weighted by atomic mass is 9.88. The number of hydrogen-bond donors (Lipinski definition) is 1. The molecule has 86 valence electrons. The Bertz CT molecular complexity index is 255. The molecule has 2 saturated heterocycles. The maximum atomic E-state index is 12.1. The van der Waals surface area contributed by atoms with Gasteiger partial charge in [0.25, 0.3) is 0 Å². The van der Waals surface area contributed by atoms with Crippen molar-refractivity contribution in [2.75, 3.05) is 20.2 Å². The third-order valence-electron chi connectivity index (χ3n) is 3.52. The lowest BCUT2D eigenvalue weighted by molar-refractivity contribution is -0.151. The van der Waals surface area contributed by atoms with E-state index in [1.807, 2.05) is 11.9 Å². The first-order chi connectivity index (χ1) is 7.11. The van der Waals surface area contributed by atoms with Gasteiger partial charge in [-0.15, -0.1) is 0 Å². The highest BCUT2D eigenvalue weighted by Gasteiger charge is 2.42. The van der Waals surface area contributed by atoms with Crippen molar-refractivity contribution in [1.29, 1.82) is 0 Å². The molecule has 0 aliphatic carbocycles. The summed E-state index contributed by atoms with van der Waals surface area (Å²) < 4.78 is 5.67. The molecule has 2 aliphatic rings. The molecule has 0 saturated carbocycles. The second-order valence-corrected chi connectivity index (χ2v) is 4.84. The molecule has 0 aromatic rings. The Morgan fingerprint density at radius 2 is 2.27 bits per heavy atom. The first-order valence-corrected chi connectivity index (χ1v) is 5.73. The van der Waals surface area contributed by atoms with Gasteiger partial charge in [0.2, 0.25) is 5.91 Å². The van der Waals surface area contributed by atoms with Gasteiger partial charge in [-0.3, -0.25) is 4.79 Å². The zero-order valence-corrected chi connectivity index (χ0v) is 9.69. The molecule has 0 aromatic heterocycles. The molecule has 3 unspecified atom stereocenters.